The number of rotatable bonds is 108. The van der Waals surface area contributed by atoms with Crippen LogP contribution in [-0.4, -0.2) is 524 Å². The van der Waals surface area contributed by atoms with Crippen LogP contribution in [0.5, 0.6) is 0 Å². The average molecular weight is 2160 g/mol. The Morgan fingerprint density at radius 2 is 0.255 bits per heavy atom. The van der Waals surface area contributed by atoms with Crippen molar-refractivity contribution < 1.29 is 208 Å². The van der Waals surface area contributed by atoms with E-state index in [2.05, 4.69) is 0 Å². The Balaban J connectivity index is 0.855. The molecule has 880 valence electrons. The van der Waals surface area contributed by atoms with Crippen LogP contribution in [0.2, 0.25) is 0 Å². The molecule has 0 amide bonds. The summed E-state index contributed by atoms with van der Waals surface area (Å²) in [5.74, 6) is 0. The molecule has 0 aromatic rings. The monoisotopic (exact) mass is 2160 g/mol. The zero-order chi connectivity index (χ0) is 104. The number of hydrogen-bond acceptors (Lipinski definition) is 44. The van der Waals surface area contributed by atoms with Crippen molar-refractivity contribution in [2.75, 3.05) is 449 Å². The lowest BCUT2D eigenvalue weighted by atomic mass is 9.92. The maximum Gasteiger partial charge on any atom is 0.157 e. The van der Waals surface area contributed by atoms with E-state index in [1.807, 2.05) is 0 Å². The highest BCUT2D eigenvalue weighted by molar-refractivity contribution is 4.80. The highest BCUT2D eigenvalue weighted by Crippen LogP contribution is 2.25. The molecule has 8 fully saturated rings. The summed E-state index contributed by atoms with van der Waals surface area (Å²) >= 11 is 0. The zero-order valence-electron chi connectivity index (χ0n) is 90.4. The molecule has 44 nitrogen and oxygen atoms in total. The lowest BCUT2D eigenvalue weighted by molar-refractivity contribution is -0.170. The van der Waals surface area contributed by atoms with Gasteiger partial charge in [0, 0.05) is 52.9 Å². The average Bonchev–Trinajstić information content (AvgIpc) is 0.863. The van der Waals surface area contributed by atoms with Crippen LogP contribution in [0.15, 0.2) is 0 Å². The Hall–Kier alpha value is -1.76. The van der Waals surface area contributed by atoms with Gasteiger partial charge in [-0.05, 0) is 154 Å². The SMILES string of the molecule is C1CCC(OCCOCCOCC(COCCOCCOC2CCCCO2)OCCOCCOCC(COCCOCCOC(COCCOCCOC2CCCCO2)COCCOCCOC2CCCCO2)(COCCOCCOC(COCCOCCOC2CCCCO2)COCCOCCOC2CCCCO2)COCCOCCOC(COCCOCCOC2CCCCO2)COCCOCCOC2CCCCO2)OC1. The van der Waals surface area contributed by atoms with Crippen LogP contribution in [0.4, 0.5) is 0 Å². The van der Waals surface area contributed by atoms with Gasteiger partial charge in [0.15, 0.2) is 50.3 Å². The molecule has 8 rings (SSSR count). The van der Waals surface area contributed by atoms with Crippen LogP contribution in [0.1, 0.15) is 154 Å². The van der Waals surface area contributed by atoms with Crippen LogP contribution >= 0.6 is 0 Å². The first kappa shape index (κ1) is 132. The fraction of sp³-hybridized carbons (Fsp3) is 1.00. The summed E-state index contributed by atoms with van der Waals surface area (Å²) < 4.78 is 263. The van der Waals surface area contributed by atoms with Gasteiger partial charge in [0.2, 0.25) is 0 Å². The van der Waals surface area contributed by atoms with Gasteiger partial charge >= 0.3 is 0 Å². The van der Waals surface area contributed by atoms with Crippen LogP contribution in [0.3, 0.4) is 0 Å². The molecule has 8 aliphatic heterocycles. The lowest BCUT2D eigenvalue weighted by Gasteiger charge is -2.33. The topological polar surface area (TPSA) is 406 Å². The van der Waals surface area contributed by atoms with Crippen molar-refractivity contribution >= 4 is 0 Å². The van der Waals surface area contributed by atoms with E-state index in [1.54, 1.807) is 0 Å². The van der Waals surface area contributed by atoms with E-state index in [0.717, 1.165) is 207 Å². The van der Waals surface area contributed by atoms with Crippen molar-refractivity contribution in [2.24, 2.45) is 5.41 Å². The van der Waals surface area contributed by atoms with Crippen LogP contribution in [0.25, 0.3) is 0 Å². The molecule has 8 unspecified atom stereocenters. The van der Waals surface area contributed by atoms with Gasteiger partial charge in [-0.3, -0.25) is 0 Å². The predicted molar refractivity (Wildman–Crippen MR) is 537 cm³/mol. The van der Waals surface area contributed by atoms with Gasteiger partial charge < -0.3 is 208 Å². The van der Waals surface area contributed by atoms with E-state index in [-0.39, 0.29) is 235 Å². The van der Waals surface area contributed by atoms with Crippen molar-refractivity contribution in [2.45, 2.75) is 229 Å². The lowest BCUT2D eigenvalue weighted by Crippen LogP contribution is -2.43. The first-order valence-corrected chi connectivity index (χ1v) is 56.3. The van der Waals surface area contributed by atoms with Gasteiger partial charge in [-0.15, -0.1) is 0 Å². The molecular formula is C105H196O44. The summed E-state index contributed by atoms with van der Waals surface area (Å²) in [5, 5.41) is 0. The normalized spacial score (nSPS) is 22.1. The third-order valence-corrected chi connectivity index (χ3v) is 24.2. The molecule has 0 spiro atoms. The summed E-state index contributed by atoms with van der Waals surface area (Å²) in [6.45, 7) is 25.3. The highest BCUT2D eigenvalue weighted by atomic mass is 16.7. The Bertz CT molecular complexity index is 2250. The molecule has 0 N–H and O–H groups in total. The third kappa shape index (κ3) is 77.4. The molecule has 0 aliphatic carbocycles. The van der Waals surface area contributed by atoms with Crippen molar-refractivity contribution in [1.82, 2.24) is 0 Å². The zero-order valence-corrected chi connectivity index (χ0v) is 90.4. The van der Waals surface area contributed by atoms with Crippen LogP contribution in [-0.2, 0) is 208 Å². The molecule has 0 aromatic carbocycles. The smallest absolute Gasteiger partial charge is 0.157 e. The minimum atomic E-state index is -0.882. The minimum Gasteiger partial charge on any atom is -0.378 e. The quantitative estimate of drug-likeness (QED) is 0.0517. The van der Waals surface area contributed by atoms with Gasteiger partial charge in [0.05, 0.1) is 402 Å². The Labute approximate surface area is 888 Å². The predicted octanol–water partition coefficient (Wildman–Crippen LogP) is 8.26. The molecule has 8 atom stereocenters. The number of ether oxygens (including phenoxy) is 44. The Morgan fingerprint density at radius 3 is 0.389 bits per heavy atom. The first-order chi connectivity index (χ1) is 74.1. The molecule has 8 aliphatic rings. The highest BCUT2D eigenvalue weighted by Gasteiger charge is 2.34. The van der Waals surface area contributed by atoms with E-state index < -0.39 is 29.8 Å². The van der Waals surface area contributed by atoms with Gasteiger partial charge in [-0.1, -0.05) is 0 Å². The molecule has 0 aromatic heterocycles. The summed E-state index contributed by atoms with van der Waals surface area (Å²) in [7, 11) is 0. The van der Waals surface area contributed by atoms with Crippen molar-refractivity contribution in [3.63, 3.8) is 0 Å². The fourth-order valence-corrected chi connectivity index (χ4v) is 16.1. The van der Waals surface area contributed by atoms with E-state index in [9.17, 15) is 0 Å². The summed E-state index contributed by atoms with van der Waals surface area (Å²) in [6.07, 6.45) is 21.4. The van der Waals surface area contributed by atoms with Crippen LogP contribution < -0.4 is 0 Å². The molecule has 0 radical (unpaired) electrons. The molecule has 0 saturated carbocycles. The van der Waals surface area contributed by atoms with Crippen molar-refractivity contribution in [1.29, 1.82) is 0 Å². The summed E-state index contributed by atoms with van der Waals surface area (Å²) in [4.78, 5) is 0. The summed E-state index contributed by atoms with van der Waals surface area (Å²) in [6, 6.07) is 0. The molecule has 44 heteroatoms. The largest absolute Gasteiger partial charge is 0.378 e. The number of hydrogen-bond donors (Lipinski definition) is 0. The fourth-order valence-electron chi connectivity index (χ4n) is 16.1. The first-order valence-electron chi connectivity index (χ1n) is 56.3. The van der Waals surface area contributed by atoms with E-state index in [0.29, 0.717) is 211 Å². The maximum absolute atomic E-state index is 6.55. The van der Waals surface area contributed by atoms with Gasteiger partial charge in [0.25, 0.3) is 0 Å². The minimum absolute atomic E-state index is 0.147. The van der Waals surface area contributed by atoms with Gasteiger partial charge in [-0.25, -0.2) is 0 Å². The van der Waals surface area contributed by atoms with E-state index >= 15 is 0 Å². The Kier molecular flexibility index (Phi) is 88.2. The second kappa shape index (κ2) is 99.3. The standard InChI is InChI=1S/C105H196O44/c1-9-25-134-97(17-1)142-73-61-106-33-45-118-81-93(82-119-46-34-107-62-74-143-98-18-2-10-26-135-98)130-69-57-114-41-53-126-89-105(90-127-54-42-115-58-70-131-94(83-120-47-35-108-63-75-144-99-19-3-11-27-136-99)84-121-48-36-109-64-76-145-100-20-4-12-28-137-100,91-128-55-43-116-59-71-132-95(85-122-49-37-110-65-77-146-101-21-5-13-29-138-101)86-123-50-38-111-66-78-147-102-22-6-14-30-139-102)92-129-56-44-117-60-72-133-96(87-124-51-39-112-67-79-148-103-23-7-15-31-140-103)88-125-52-40-113-68-80-149-104-24-8-16-32-141-104/h93-104H,1-92H2. The molecule has 8 saturated heterocycles. The second-order valence-electron chi connectivity index (χ2n) is 37.0. The van der Waals surface area contributed by atoms with Crippen LogP contribution in [0, 0.1) is 5.41 Å². The molecule has 149 heavy (non-hydrogen) atoms. The van der Waals surface area contributed by atoms with E-state index in [1.165, 1.54) is 0 Å². The van der Waals surface area contributed by atoms with Gasteiger partial charge in [0.1, 0.15) is 24.4 Å². The molecular weight excluding hydrogens is 1970 g/mol. The molecule has 8 heterocycles. The van der Waals surface area contributed by atoms with Crippen molar-refractivity contribution in [3.8, 4) is 0 Å². The Morgan fingerprint density at radius 1 is 0.134 bits per heavy atom. The van der Waals surface area contributed by atoms with E-state index in [4.69, 9.17) is 208 Å². The van der Waals surface area contributed by atoms with Gasteiger partial charge in [-0.2, -0.15) is 0 Å². The van der Waals surface area contributed by atoms with Crippen molar-refractivity contribution in [3.05, 3.63) is 0 Å². The molecule has 0 bridgehead atoms. The summed E-state index contributed by atoms with van der Waals surface area (Å²) in [5.41, 5.74) is -0.882. The second-order valence-corrected chi connectivity index (χ2v) is 37.0. The maximum atomic E-state index is 6.55. The third-order valence-electron chi connectivity index (χ3n) is 24.2.